The highest BCUT2D eigenvalue weighted by Crippen LogP contribution is 2.37. The van der Waals surface area contributed by atoms with Crippen LogP contribution in [0.5, 0.6) is 5.75 Å². The van der Waals surface area contributed by atoms with E-state index in [9.17, 15) is 13.9 Å². The smallest absolute Gasteiger partial charge is 0.199 e. The molecular weight excluding hydrogens is 302 g/mol. The highest BCUT2D eigenvalue weighted by Gasteiger charge is 2.29. The van der Waals surface area contributed by atoms with Gasteiger partial charge < -0.3 is 10.0 Å². The number of fused-ring (bicyclic) bond motifs is 1. The van der Waals surface area contributed by atoms with Gasteiger partial charge in [0.2, 0.25) is 0 Å². The zero-order valence-electron chi connectivity index (χ0n) is 12.2. The summed E-state index contributed by atoms with van der Waals surface area (Å²) < 4.78 is 29.1. The lowest BCUT2D eigenvalue weighted by Gasteiger charge is -2.26. The van der Waals surface area contributed by atoms with Crippen molar-refractivity contribution in [2.24, 2.45) is 0 Å². The van der Waals surface area contributed by atoms with Gasteiger partial charge in [-0.25, -0.2) is 18.3 Å². The Bertz CT molecular complexity index is 880. The normalized spacial score (nSPS) is 18.0. The van der Waals surface area contributed by atoms with Crippen LogP contribution in [0.4, 0.5) is 14.6 Å². The molecule has 0 saturated carbocycles. The van der Waals surface area contributed by atoms with Gasteiger partial charge in [-0.2, -0.15) is 5.10 Å². The van der Waals surface area contributed by atoms with Crippen molar-refractivity contribution < 1.29 is 13.9 Å². The van der Waals surface area contributed by atoms with Gasteiger partial charge in [0.1, 0.15) is 17.5 Å². The maximum absolute atomic E-state index is 14.1. The van der Waals surface area contributed by atoms with E-state index in [0.29, 0.717) is 23.6 Å². The Morgan fingerprint density at radius 2 is 2.09 bits per heavy atom. The summed E-state index contributed by atoms with van der Waals surface area (Å²) in [7, 11) is 0. The van der Waals surface area contributed by atoms with Crippen LogP contribution in [0, 0.1) is 11.6 Å². The van der Waals surface area contributed by atoms with E-state index < -0.39 is 11.6 Å². The predicted molar refractivity (Wildman–Crippen MR) is 80.3 cm³/mol. The van der Waals surface area contributed by atoms with Crippen molar-refractivity contribution in [2.75, 3.05) is 11.4 Å². The van der Waals surface area contributed by atoms with E-state index in [4.69, 9.17) is 0 Å². The topological polar surface area (TPSA) is 53.7 Å². The molecule has 23 heavy (non-hydrogen) atoms. The zero-order chi connectivity index (χ0) is 16.0. The molecule has 118 valence electrons. The zero-order valence-corrected chi connectivity index (χ0v) is 12.2. The van der Waals surface area contributed by atoms with Crippen LogP contribution in [-0.4, -0.2) is 26.2 Å². The maximum Gasteiger partial charge on any atom is 0.199 e. The van der Waals surface area contributed by atoms with Gasteiger partial charge in [-0.3, -0.25) is 0 Å². The maximum atomic E-state index is 14.1. The third-order valence-corrected chi connectivity index (χ3v) is 4.20. The summed E-state index contributed by atoms with van der Waals surface area (Å²) in [6.45, 7) is 0.693. The molecule has 1 aromatic carbocycles. The number of halogens is 2. The molecule has 0 unspecified atom stereocenters. The molecule has 0 radical (unpaired) electrons. The first kappa shape index (κ1) is 13.9. The van der Waals surface area contributed by atoms with Gasteiger partial charge in [0.05, 0.1) is 12.2 Å². The van der Waals surface area contributed by atoms with Crippen LogP contribution in [0.15, 0.2) is 36.7 Å². The van der Waals surface area contributed by atoms with Crippen molar-refractivity contribution in [3.05, 3.63) is 53.9 Å². The molecular formula is C16H14F2N4O. The molecule has 0 aliphatic carbocycles. The van der Waals surface area contributed by atoms with E-state index in [0.717, 1.165) is 25.0 Å². The SMILES string of the molecule is Oc1cnn2ccc(N3CCC[C@@H]3c3cc(F)ccc3F)nc12. The minimum absolute atomic E-state index is 0.0143. The largest absolute Gasteiger partial charge is 0.503 e. The first-order valence-electron chi connectivity index (χ1n) is 7.38. The lowest BCUT2D eigenvalue weighted by molar-refractivity contribution is 0.480. The van der Waals surface area contributed by atoms with Gasteiger partial charge in [-0.1, -0.05) is 0 Å². The summed E-state index contributed by atoms with van der Waals surface area (Å²) in [4.78, 5) is 6.34. The van der Waals surface area contributed by atoms with Crippen molar-refractivity contribution >= 4 is 11.5 Å². The van der Waals surface area contributed by atoms with Crippen LogP contribution in [0.1, 0.15) is 24.4 Å². The molecule has 3 aromatic rings. The number of rotatable bonds is 2. The standard InChI is InChI=1S/C16H14F2N4O/c17-10-3-4-12(18)11(8-10)13-2-1-6-21(13)15-5-7-22-16(20-15)14(23)9-19-22/h3-5,7-9,13,23H,1-2,6H2/t13-/m1/s1. The van der Waals surface area contributed by atoms with Crippen LogP contribution >= 0.6 is 0 Å². The van der Waals surface area contributed by atoms with E-state index in [1.807, 2.05) is 4.90 Å². The summed E-state index contributed by atoms with van der Waals surface area (Å²) in [6.07, 6.45) is 4.59. The summed E-state index contributed by atoms with van der Waals surface area (Å²) >= 11 is 0. The molecule has 7 heteroatoms. The number of anilines is 1. The van der Waals surface area contributed by atoms with Gasteiger partial charge >= 0.3 is 0 Å². The van der Waals surface area contributed by atoms with Crippen molar-refractivity contribution in [3.63, 3.8) is 0 Å². The first-order valence-corrected chi connectivity index (χ1v) is 7.38. The van der Waals surface area contributed by atoms with Gasteiger partial charge in [0.15, 0.2) is 11.4 Å². The highest BCUT2D eigenvalue weighted by atomic mass is 19.1. The van der Waals surface area contributed by atoms with Crippen molar-refractivity contribution in [2.45, 2.75) is 18.9 Å². The van der Waals surface area contributed by atoms with Gasteiger partial charge in [-0.15, -0.1) is 0 Å². The molecule has 0 amide bonds. The Kier molecular flexibility index (Phi) is 3.14. The van der Waals surface area contributed by atoms with Crippen LogP contribution in [0.2, 0.25) is 0 Å². The number of nitrogens with zero attached hydrogens (tertiary/aromatic N) is 4. The minimum atomic E-state index is -0.454. The van der Waals surface area contributed by atoms with Crippen molar-refractivity contribution in [1.82, 2.24) is 14.6 Å². The van der Waals surface area contributed by atoms with Crippen LogP contribution < -0.4 is 4.90 Å². The molecule has 4 rings (SSSR count). The second kappa shape index (κ2) is 5.19. The number of aromatic nitrogens is 3. The van der Waals surface area contributed by atoms with Crippen molar-refractivity contribution in [1.29, 1.82) is 0 Å². The summed E-state index contributed by atoms with van der Waals surface area (Å²) in [6, 6.07) is 5.00. The lowest BCUT2D eigenvalue weighted by atomic mass is 10.0. The Morgan fingerprint density at radius 3 is 2.96 bits per heavy atom. The number of hydrogen-bond acceptors (Lipinski definition) is 4. The number of benzene rings is 1. The Labute approximate surface area is 130 Å². The molecule has 2 aromatic heterocycles. The fourth-order valence-electron chi connectivity index (χ4n) is 3.14. The number of aromatic hydroxyl groups is 1. The van der Waals surface area contributed by atoms with Gasteiger partial charge in [0.25, 0.3) is 0 Å². The van der Waals surface area contributed by atoms with Crippen molar-refractivity contribution in [3.8, 4) is 5.75 Å². The third-order valence-electron chi connectivity index (χ3n) is 4.20. The monoisotopic (exact) mass is 316 g/mol. The molecule has 5 nitrogen and oxygen atoms in total. The molecule has 1 fully saturated rings. The summed E-state index contributed by atoms with van der Waals surface area (Å²) in [5.74, 6) is -0.277. The summed E-state index contributed by atoms with van der Waals surface area (Å²) in [5, 5.41) is 13.7. The second-order valence-corrected chi connectivity index (χ2v) is 5.60. The predicted octanol–water partition coefficient (Wildman–Crippen LogP) is 3.05. The Morgan fingerprint density at radius 1 is 1.22 bits per heavy atom. The quantitative estimate of drug-likeness (QED) is 0.789. The molecule has 1 aliphatic rings. The molecule has 1 atom stereocenters. The average molecular weight is 316 g/mol. The molecule has 3 heterocycles. The fourth-order valence-corrected chi connectivity index (χ4v) is 3.14. The van der Waals surface area contributed by atoms with E-state index >= 15 is 0 Å². The number of hydrogen-bond donors (Lipinski definition) is 1. The molecule has 1 saturated heterocycles. The fraction of sp³-hybridized carbons (Fsp3) is 0.250. The molecule has 1 aliphatic heterocycles. The van der Waals surface area contributed by atoms with Crippen LogP contribution in [0.3, 0.4) is 0 Å². The van der Waals surface area contributed by atoms with E-state index in [1.54, 1.807) is 12.3 Å². The molecule has 1 N–H and O–H groups in total. The average Bonchev–Trinajstić information content (AvgIpc) is 3.17. The van der Waals surface area contributed by atoms with E-state index in [1.165, 1.54) is 16.8 Å². The Hall–Kier alpha value is -2.70. The van der Waals surface area contributed by atoms with Gasteiger partial charge in [-0.05, 0) is 37.1 Å². The van der Waals surface area contributed by atoms with E-state index in [2.05, 4.69) is 10.1 Å². The Balaban J connectivity index is 1.76. The first-order chi connectivity index (χ1) is 11.1. The van der Waals surface area contributed by atoms with E-state index in [-0.39, 0.29) is 11.8 Å². The van der Waals surface area contributed by atoms with Crippen LogP contribution in [0.25, 0.3) is 5.65 Å². The highest BCUT2D eigenvalue weighted by molar-refractivity contribution is 5.57. The molecule has 0 spiro atoms. The molecule has 0 bridgehead atoms. The lowest BCUT2D eigenvalue weighted by Crippen LogP contribution is -2.24. The second-order valence-electron chi connectivity index (χ2n) is 5.60. The van der Waals surface area contributed by atoms with Crippen LogP contribution in [-0.2, 0) is 0 Å². The van der Waals surface area contributed by atoms with Gasteiger partial charge in [0, 0.05) is 18.3 Å². The third kappa shape index (κ3) is 2.28. The summed E-state index contributed by atoms with van der Waals surface area (Å²) in [5.41, 5.74) is 0.676. The minimum Gasteiger partial charge on any atom is -0.503 e.